The lowest BCUT2D eigenvalue weighted by Crippen LogP contribution is -2.56. The molecule has 0 spiro atoms. The van der Waals surface area contributed by atoms with Gasteiger partial charge in [-0.1, -0.05) is 26.0 Å². The largest absolute Gasteiger partial charge is 0.341 e. The normalized spacial score (nSPS) is 25.5. The Hall–Kier alpha value is -2.37. The van der Waals surface area contributed by atoms with Gasteiger partial charge < -0.3 is 4.90 Å². The van der Waals surface area contributed by atoms with Crippen LogP contribution in [0.25, 0.3) is 0 Å². The number of amidine groups is 1. The maximum Gasteiger partial charge on any atom is 0.330 e. The Morgan fingerprint density at radius 2 is 1.92 bits per heavy atom. The fraction of sp³-hybridized carbons (Fsp3) is 0.550. The standard InChI is InChI=1S/C20H26N4O2/c1-14-10-15(2)12-22(11-14)18(25)13-24-17-7-4-3-6-16(17)19-21-8-5-9-23(19)20(24)26/h3-4,6-7,14-15H,5,8-13H2,1-2H3/t14-,15-/m1/s1. The van der Waals surface area contributed by atoms with Crippen LogP contribution in [0.5, 0.6) is 0 Å². The number of rotatable bonds is 2. The number of fused-ring (bicyclic) bond motifs is 3. The van der Waals surface area contributed by atoms with Crippen LogP contribution in [0.15, 0.2) is 29.3 Å². The Bertz CT molecular complexity index is 750. The Labute approximate surface area is 154 Å². The van der Waals surface area contributed by atoms with E-state index in [0.717, 1.165) is 49.6 Å². The maximum absolute atomic E-state index is 13.1. The molecule has 4 rings (SSSR count). The van der Waals surface area contributed by atoms with E-state index in [-0.39, 0.29) is 18.5 Å². The highest BCUT2D eigenvalue weighted by Gasteiger charge is 2.38. The van der Waals surface area contributed by atoms with Crippen molar-refractivity contribution < 1.29 is 9.59 Å². The summed E-state index contributed by atoms with van der Waals surface area (Å²) in [6.45, 7) is 7.44. The van der Waals surface area contributed by atoms with Gasteiger partial charge in [0.2, 0.25) is 5.91 Å². The van der Waals surface area contributed by atoms with Crippen LogP contribution in [-0.2, 0) is 4.79 Å². The highest BCUT2D eigenvalue weighted by atomic mass is 16.2. The van der Waals surface area contributed by atoms with Crippen LogP contribution >= 0.6 is 0 Å². The highest BCUT2D eigenvalue weighted by molar-refractivity contribution is 6.20. The first-order valence-electron chi connectivity index (χ1n) is 9.55. The van der Waals surface area contributed by atoms with Crippen molar-refractivity contribution in [2.75, 3.05) is 37.6 Å². The van der Waals surface area contributed by atoms with Gasteiger partial charge in [-0.25, -0.2) is 4.79 Å². The number of piperidine rings is 1. The Balaban J connectivity index is 1.61. The zero-order valence-corrected chi connectivity index (χ0v) is 15.5. The number of anilines is 1. The minimum absolute atomic E-state index is 0.0314. The van der Waals surface area contributed by atoms with Crippen LogP contribution < -0.4 is 4.90 Å². The number of likely N-dealkylation sites (tertiary alicyclic amines) is 1. The van der Waals surface area contributed by atoms with E-state index in [1.165, 1.54) is 0 Å². The Kier molecular flexibility index (Phi) is 4.42. The van der Waals surface area contributed by atoms with Crippen molar-refractivity contribution in [2.45, 2.75) is 26.7 Å². The van der Waals surface area contributed by atoms with Crippen LogP contribution in [0, 0.1) is 11.8 Å². The lowest BCUT2D eigenvalue weighted by Gasteiger charge is -2.41. The lowest BCUT2D eigenvalue weighted by molar-refractivity contribution is -0.132. The molecule has 1 saturated heterocycles. The maximum atomic E-state index is 13.1. The summed E-state index contributed by atoms with van der Waals surface area (Å²) in [5.41, 5.74) is 1.74. The Morgan fingerprint density at radius 3 is 2.69 bits per heavy atom. The molecule has 0 radical (unpaired) electrons. The minimum Gasteiger partial charge on any atom is -0.341 e. The number of para-hydroxylation sites is 1. The second kappa shape index (κ2) is 6.74. The third kappa shape index (κ3) is 2.97. The van der Waals surface area contributed by atoms with E-state index in [9.17, 15) is 9.59 Å². The van der Waals surface area contributed by atoms with Crippen LogP contribution in [0.2, 0.25) is 0 Å². The predicted molar refractivity (Wildman–Crippen MR) is 101 cm³/mol. The number of hydrogen-bond donors (Lipinski definition) is 0. The molecule has 0 unspecified atom stereocenters. The van der Waals surface area contributed by atoms with Gasteiger partial charge in [0.15, 0.2) is 0 Å². The number of urea groups is 1. The lowest BCUT2D eigenvalue weighted by atomic mass is 9.92. The third-order valence-electron chi connectivity index (χ3n) is 5.47. The topological polar surface area (TPSA) is 56.2 Å². The molecule has 0 aliphatic carbocycles. The molecular formula is C20H26N4O2. The number of hydrogen-bond acceptors (Lipinski definition) is 3. The molecule has 3 amide bonds. The van der Waals surface area contributed by atoms with Crippen molar-refractivity contribution in [3.63, 3.8) is 0 Å². The molecule has 1 aromatic rings. The highest BCUT2D eigenvalue weighted by Crippen LogP contribution is 2.31. The van der Waals surface area contributed by atoms with Gasteiger partial charge in [-0.2, -0.15) is 0 Å². The fourth-order valence-electron chi connectivity index (χ4n) is 4.42. The van der Waals surface area contributed by atoms with Crippen LogP contribution in [0.3, 0.4) is 0 Å². The SMILES string of the molecule is C[C@@H]1C[C@@H](C)CN(C(=O)CN2C(=O)N3CCCN=C3c3ccccc32)C1. The zero-order valence-electron chi connectivity index (χ0n) is 15.5. The smallest absolute Gasteiger partial charge is 0.330 e. The molecule has 1 fully saturated rings. The number of aliphatic imine (C=N–C) groups is 1. The van der Waals surface area contributed by atoms with E-state index in [1.807, 2.05) is 29.2 Å². The molecule has 0 N–H and O–H groups in total. The summed E-state index contributed by atoms with van der Waals surface area (Å²) in [6, 6.07) is 7.64. The monoisotopic (exact) mass is 354 g/mol. The van der Waals surface area contributed by atoms with E-state index in [1.54, 1.807) is 9.80 Å². The zero-order chi connectivity index (χ0) is 18.3. The quantitative estimate of drug-likeness (QED) is 0.820. The number of nitrogens with zero attached hydrogens (tertiary/aromatic N) is 4. The van der Waals surface area contributed by atoms with E-state index >= 15 is 0 Å². The average Bonchev–Trinajstić information content (AvgIpc) is 2.64. The average molecular weight is 354 g/mol. The molecule has 0 saturated carbocycles. The second-order valence-electron chi connectivity index (χ2n) is 7.84. The van der Waals surface area contributed by atoms with Gasteiger partial charge >= 0.3 is 6.03 Å². The summed E-state index contributed by atoms with van der Waals surface area (Å²) in [6.07, 6.45) is 2.02. The van der Waals surface area contributed by atoms with E-state index in [0.29, 0.717) is 18.4 Å². The number of carbonyl (C=O) groups excluding carboxylic acids is 2. The molecule has 2 atom stereocenters. The molecule has 0 aromatic heterocycles. The van der Waals surface area contributed by atoms with E-state index in [2.05, 4.69) is 18.8 Å². The van der Waals surface area contributed by atoms with Gasteiger partial charge in [0.05, 0.1) is 5.69 Å². The summed E-state index contributed by atoms with van der Waals surface area (Å²) in [5, 5.41) is 0. The van der Waals surface area contributed by atoms with Gasteiger partial charge in [-0.15, -0.1) is 0 Å². The van der Waals surface area contributed by atoms with Crippen molar-refractivity contribution >= 4 is 23.5 Å². The molecule has 3 aliphatic heterocycles. The van der Waals surface area contributed by atoms with Gasteiger partial charge in [-0.3, -0.25) is 19.6 Å². The number of amides is 3. The van der Waals surface area contributed by atoms with Crippen LogP contribution in [0.4, 0.5) is 10.5 Å². The summed E-state index contributed by atoms with van der Waals surface area (Å²) in [7, 11) is 0. The molecule has 3 aliphatic rings. The molecular weight excluding hydrogens is 328 g/mol. The van der Waals surface area contributed by atoms with Crippen molar-refractivity contribution in [3.05, 3.63) is 29.8 Å². The first-order chi connectivity index (χ1) is 12.5. The molecule has 6 heteroatoms. The molecule has 0 bridgehead atoms. The fourth-order valence-corrected chi connectivity index (χ4v) is 4.42. The van der Waals surface area contributed by atoms with Crippen molar-refractivity contribution in [1.82, 2.24) is 9.80 Å². The van der Waals surface area contributed by atoms with Gasteiger partial charge in [0.25, 0.3) is 0 Å². The Morgan fingerprint density at radius 1 is 1.19 bits per heavy atom. The molecule has 3 heterocycles. The van der Waals surface area contributed by atoms with Crippen molar-refractivity contribution in [2.24, 2.45) is 16.8 Å². The summed E-state index contributed by atoms with van der Waals surface area (Å²) >= 11 is 0. The minimum atomic E-state index is -0.131. The number of carbonyl (C=O) groups is 2. The van der Waals surface area contributed by atoms with Gasteiger partial charge in [-0.05, 0) is 36.8 Å². The molecule has 1 aromatic carbocycles. The van der Waals surface area contributed by atoms with Crippen LogP contribution in [-0.4, -0.2) is 60.3 Å². The third-order valence-corrected chi connectivity index (χ3v) is 5.47. The first-order valence-corrected chi connectivity index (χ1v) is 9.55. The van der Waals surface area contributed by atoms with Crippen LogP contribution in [0.1, 0.15) is 32.3 Å². The van der Waals surface area contributed by atoms with Crippen molar-refractivity contribution in [3.8, 4) is 0 Å². The van der Waals surface area contributed by atoms with Crippen molar-refractivity contribution in [1.29, 1.82) is 0 Å². The summed E-state index contributed by atoms with van der Waals surface area (Å²) in [4.78, 5) is 35.9. The predicted octanol–water partition coefficient (Wildman–Crippen LogP) is 2.58. The van der Waals surface area contributed by atoms with E-state index in [4.69, 9.17) is 0 Å². The van der Waals surface area contributed by atoms with Gasteiger partial charge in [0.1, 0.15) is 12.4 Å². The second-order valence-corrected chi connectivity index (χ2v) is 7.84. The molecule has 6 nitrogen and oxygen atoms in total. The number of benzene rings is 1. The summed E-state index contributed by atoms with van der Waals surface area (Å²) < 4.78 is 0. The van der Waals surface area contributed by atoms with Gasteiger partial charge in [0, 0.05) is 31.7 Å². The first kappa shape index (κ1) is 17.1. The molecule has 26 heavy (non-hydrogen) atoms. The molecule has 138 valence electrons. The summed E-state index contributed by atoms with van der Waals surface area (Å²) in [5.74, 6) is 1.80. The van der Waals surface area contributed by atoms with E-state index < -0.39 is 0 Å².